The summed E-state index contributed by atoms with van der Waals surface area (Å²) in [4.78, 5) is 11.8. The summed E-state index contributed by atoms with van der Waals surface area (Å²) in [7, 11) is 0. The van der Waals surface area contributed by atoms with Gasteiger partial charge in [0.2, 0.25) is 5.91 Å². The molecule has 0 unspecified atom stereocenters. The van der Waals surface area contributed by atoms with Crippen molar-refractivity contribution >= 4 is 5.91 Å². The number of amides is 1. The fraction of sp³-hybridized carbons (Fsp3) is 0.917. The lowest BCUT2D eigenvalue weighted by Gasteiger charge is -2.30. The van der Waals surface area contributed by atoms with E-state index in [0.717, 1.165) is 12.8 Å². The fourth-order valence-electron chi connectivity index (χ4n) is 2.95. The second-order valence-electron chi connectivity index (χ2n) is 5.69. The van der Waals surface area contributed by atoms with Crippen molar-refractivity contribution in [1.82, 2.24) is 5.32 Å². The minimum Gasteiger partial charge on any atom is -0.352 e. The number of halogens is 2. The maximum atomic E-state index is 13.5. The number of carbonyl (C=O) groups is 1. The lowest BCUT2D eigenvalue weighted by atomic mass is 9.85. The molecule has 0 aromatic rings. The Bertz CT molecular complexity index is 325. The van der Waals surface area contributed by atoms with Gasteiger partial charge >= 0.3 is 0 Å². The SMILES string of the molecule is O=C(N[C@@H]1CC12CC2)[C@H]1CCCCC1(F)F. The van der Waals surface area contributed by atoms with Gasteiger partial charge in [-0.1, -0.05) is 6.42 Å². The number of rotatable bonds is 2. The first-order valence-corrected chi connectivity index (χ1v) is 6.22. The number of carbonyl (C=O) groups excluding carboxylic acids is 1. The summed E-state index contributed by atoms with van der Waals surface area (Å²) in [5.74, 6) is -4.26. The lowest BCUT2D eigenvalue weighted by Crippen LogP contribution is -2.44. The molecule has 2 nitrogen and oxygen atoms in total. The average Bonchev–Trinajstić information content (AvgIpc) is 3.08. The van der Waals surface area contributed by atoms with Crippen LogP contribution in [-0.2, 0) is 4.79 Å². The van der Waals surface area contributed by atoms with E-state index in [4.69, 9.17) is 0 Å². The predicted molar refractivity (Wildman–Crippen MR) is 55.1 cm³/mol. The quantitative estimate of drug-likeness (QED) is 0.774. The van der Waals surface area contributed by atoms with Crippen molar-refractivity contribution in [1.29, 1.82) is 0 Å². The molecular weight excluding hydrogens is 212 g/mol. The van der Waals surface area contributed by atoms with Gasteiger partial charge in [-0.3, -0.25) is 4.79 Å². The molecular formula is C12H17F2NO. The fourth-order valence-corrected chi connectivity index (χ4v) is 2.95. The van der Waals surface area contributed by atoms with Crippen LogP contribution in [0.15, 0.2) is 0 Å². The predicted octanol–water partition coefficient (Wildman–Crippen LogP) is 2.48. The Hall–Kier alpha value is -0.670. The molecule has 1 spiro atoms. The number of hydrogen-bond donors (Lipinski definition) is 1. The molecule has 3 aliphatic carbocycles. The third kappa shape index (κ3) is 1.62. The molecule has 0 heterocycles. The van der Waals surface area contributed by atoms with Gasteiger partial charge in [-0.15, -0.1) is 0 Å². The molecule has 0 saturated heterocycles. The lowest BCUT2D eigenvalue weighted by molar-refractivity contribution is -0.145. The topological polar surface area (TPSA) is 29.1 Å². The van der Waals surface area contributed by atoms with Crippen molar-refractivity contribution in [2.24, 2.45) is 11.3 Å². The van der Waals surface area contributed by atoms with E-state index in [1.807, 2.05) is 0 Å². The van der Waals surface area contributed by atoms with Crippen molar-refractivity contribution in [3.05, 3.63) is 0 Å². The van der Waals surface area contributed by atoms with Gasteiger partial charge in [-0.05, 0) is 37.5 Å². The van der Waals surface area contributed by atoms with Gasteiger partial charge in [0.05, 0.1) is 0 Å². The van der Waals surface area contributed by atoms with Crippen LogP contribution in [-0.4, -0.2) is 17.9 Å². The van der Waals surface area contributed by atoms with Gasteiger partial charge in [0, 0.05) is 12.5 Å². The largest absolute Gasteiger partial charge is 0.352 e. The molecule has 1 N–H and O–H groups in total. The molecule has 0 aromatic heterocycles. The van der Waals surface area contributed by atoms with E-state index in [1.54, 1.807) is 0 Å². The molecule has 0 aliphatic heterocycles. The summed E-state index contributed by atoms with van der Waals surface area (Å²) in [6, 6.07) is 0.206. The third-order valence-corrected chi connectivity index (χ3v) is 4.48. The van der Waals surface area contributed by atoms with E-state index in [2.05, 4.69) is 5.32 Å². The Morgan fingerprint density at radius 1 is 1.19 bits per heavy atom. The van der Waals surface area contributed by atoms with Crippen LogP contribution < -0.4 is 5.32 Å². The van der Waals surface area contributed by atoms with E-state index >= 15 is 0 Å². The Morgan fingerprint density at radius 3 is 2.50 bits per heavy atom. The Labute approximate surface area is 93.8 Å². The minimum absolute atomic E-state index is 0.124. The standard InChI is InChI=1S/C12H17F2NO/c13-12(14)4-2-1-3-8(12)10(16)15-9-7-11(9)5-6-11/h8-9H,1-7H2,(H,15,16)/t8-,9-/m1/s1. The maximum absolute atomic E-state index is 13.5. The molecule has 0 aromatic carbocycles. The highest BCUT2D eigenvalue weighted by molar-refractivity contribution is 5.80. The first-order valence-electron chi connectivity index (χ1n) is 6.22. The monoisotopic (exact) mass is 229 g/mol. The molecule has 1 amide bonds. The molecule has 3 saturated carbocycles. The van der Waals surface area contributed by atoms with E-state index in [9.17, 15) is 13.6 Å². The molecule has 16 heavy (non-hydrogen) atoms. The molecule has 3 aliphatic rings. The number of hydrogen-bond acceptors (Lipinski definition) is 1. The molecule has 4 heteroatoms. The summed E-state index contributed by atoms with van der Waals surface area (Å²) in [6.45, 7) is 0. The summed E-state index contributed by atoms with van der Waals surface area (Å²) < 4.78 is 27.1. The minimum atomic E-state index is -2.78. The van der Waals surface area contributed by atoms with Gasteiger partial charge in [0.15, 0.2) is 0 Å². The van der Waals surface area contributed by atoms with Crippen LogP contribution in [0.25, 0.3) is 0 Å². The van der Waals surface area contributed by atoms with Crippen molar-refractivity contribution < 1.29 is 13.6 Å². The van der Waals surface area contributed by atoms with Crippen LogP contribution in [0, 0.1) is 11.3 Å². The van der Waals surface area contributed by atoms with Crippen molar-refractivity contribution in [2.75, 3.05) is 0 Å². The normalized spacial score (nSPS) is 38.1. The maximum Gasteiger partial charge on any atom is 0.259 e. The number of nitrogens with one attached hydrogen (secondary N) is 1. The van der Waals surface area contributed by atoms with Gasteiger partial charge in [-0.2, -0.15) is 0 Å². The molecule has 3 rings (SSSR count). The Kier molecular flexibility index (Phi) is 2.08. The highest BCUT2D eigenvalue weighted by Crippen LogP contribution is 2.66. The van der Waals surface area contributed by atoms with Crippen LogP contribution in [0.1, 0.15) is 44.9 Å². The van der Waals surface area contributed by atoms with E-state index in [0.29, 0.717) is 18.3 Å². The van der Waals surface area contributed by atoms with Crippen molar-refractivity contribution in [2.45, 2.75) is 56.9 Å². The zero-order chi connectivity index (χ0) is 11.4. The van der Waals surface area contributed by atoms with Gasteiger partial charge in [0.1, 0.15) is 5.92 Å². The van der Waals surface area contributed by atoms with Crippen molar-refractivity contribution in [3.8, 4) is 0 Å². The van der Waals surface area contributed by atoms with E-state index in [-0.39, 0.29) is 12.5 Å². The molecule has 90 valence electrons. The highest BCUT2D eigenvalue weighted by Gasteiger charge is 2.64. The smallest absolute Gasteiger partial charge is 0.259 e. The van der Waals surface area contributed by atoms with Gasteiger partial charge in [0.25, 0.3) is 5.92 Å². The zero-order valence-electron chi connectivity index (χ0n) is 9.27. The second-order valence-corrected chi connectivity index (χ2v) is 5.69. The zero-order valence-corrected chi connectivity index (χ0v) is 9.27. The summed E-state index contributed by atoms with van der Waals surface area (Å²) in [5.41, 5.74) is 0.347. The van der Waals surface area contributed by atoms with Gasteiger partial charge in [-0.25, -0.2) is 8.78 Å². The first kappa shape index (κ1) is 10.5. The van der Waals surface area contributed by atoms with Crippen LogP contribution in [0.3, 0.4) is 0 Å². The van der Waals surface area contributed by atoms with E-state index < -0.39 is 17.7 Å². The highest BCUT2D eigenvalue weighted by atomic mass is 19.3. The molecule has 0 bridgehead atoms. The van der Waals surface area contributed by atoms with Gasteiger partial charge < -0.3 is 5.32 Å². The second kappa shape index (κ2) is 3.17. The van der Waals surface area contributed by atoms with Crippen LogP contribution in [0.5, 0.6) is 0 Å². The summed E-state index contributed by atoms with van der Waals surface area (Å²) >= 11 is 0. The summed E-state index contributed by atoms with van der Waals surface area (Å²) in [6.07, 6.45) is 4.86. The molecule has 0 radical (unpaired) electrons. The average molecular weight is 229 g/mol. The van der Waals surface area contributed by atoms with Crippen LogP contribution in [0.4, 0.5) is 8.78 Å². The number of alkyl halides is 2. The molecule has 3 fully saturated rings. The summed E-state index contributed by atoms with van der Waals surface area (Å²) in [5, 5.41) is 2.81. The first-order chi connectivity index (χ1) is 7.54. The molecule has 2 atom stereocenters. The third-order valence-electron chi connectivity index (χ3n) is 4.48. The van der Waals surface area contributed by atoms with Crippen LogP contribution >= 0.6 is 0 Å². The van der Waals surface area contributed by atoms with Crippen molar-refractivity contribution in [3.63, 3.8) is 0 Å². The van der Waals surface area contributed by atoms with Crippen LogP contribution in [0.2, 0.25) is 0 Å². The Morgan fingerprint density at radius 2 is 1.94 bits per heavy atom. The Balaban J connectivity index is 1.60. The van der Waals surface area contributed by atoms with E-state index in [1.165, 1.54) is 12.8 Å².